The summed E-state index contributed by atoms with van der Waals surface area (Å²) in [7, 11) is -3.46. The standard InChI is InChI=1S/C33H44ClN7O5S/c1-24-4-5-25(30(18-24)39-13-15-46-16-14-39)20-40-12-9-35-32(40)37-31(43)33(2)23-38(22-28(33)29-7-6-26(34)19-36-29)10-3-17-47(44,45)41-11-8-27(42)21-41/h4-7,9,12,18-19,27-28,42H,3,8,10-11,13-17,20-23H2,1-2H3,(H,35,37,43). The van der Waals surface area contributed by atoms with Crippen LogP contribution in [0.2, 0.25) is 5.02 Å². The van der Waals surface area contributed by atoms with Gasteiger partial charge in [-0.15, -0.1) is 0 Å². The van der Waals surface area contributed by atoms with Crippen molar-refractivity contribution in [3.05, 3.63) is 70.8 Å². The molecule has 2 aromatic heterocycles. The highest BCUT2D eigenvalue weighted by Gasteiger charge is 2.50. The number of amides is 1. The number of nitrogens with zero attached hydrogens (tertiary/aromatic N) is 6. The summed E-state index contributed by atoms with van der Waals surface area (Å²) in [6.45, 7) is 9.59. The molecule has 12 nitrogen and oxygen atoms in total. The number of rotatable bonds is 11. The van der Waals surface area contributed by atoms with Gasteiger partial charge in [-0.2, -0.15) is 4.31 Å². The number of nitrogens with one attached hydrogen (secondary N) is 1. The van der Waals surface area contributed by atoms with E-state index in [9.17, 15) is 18.3 Å². The summed E-state index contributed by atoms with van der Waals surface area (Å²) in [5.41, 5.74) is 3.35. The van der Waals surface area contributed by atoms with Crippen LogP contribution in [-0.2, 0) is 26.1 Å². The molecule has 254 valence electrons. The van der Waals surface area contributed by atoms with Gasteiger partial charge in [-0.1, -0.05) is 23.7 Å². The molecule has 47 heavy (non-hydrogen) atoms. The average Bonchev–Trinajstić information content (AvgIpc) is 3.78. The number of β-amino-alcohol motifs (C(OH)–C–C–N with tert-alkyl or cyclic N) is 1. The SMILES string of the molecule is Cc1ccc(Cn2ccnc2NC(=O)C2(C)CN(CCCS(=O)(=O)N3CCC(O)C3)CC2c2ccc(Cl)cn2)c(N2CCOCC2)c1. The highest BCUT2D eigenvalue weighted by molar-refractivity contribution is 7.89. The number of morpholine rings is 1. The van der Waals surface area contributed by atoms with Crippen LogP contribution in [0, 0.1) is 12.3 Å². The second-order valence-corrected chi connectivity index (χ2v) is 15.7. The molecule has 14 heteroatoms. The lowest BCUT2D eigenvalue weighted by Crippen LogP contribution is -2.40. The van der Waals surface area contributed by atoms with E-state index in [4.69, 9.17) is 16.3 Å². The fraction of sp³-hybridized carbons (Fsp3) is 0.545. The Hall–Kier alpha value is -3.07. The van der Waals surface area contributed by atoms with Gasteiger partial charge in [-0.25, -0.2) is 13.4 Å². The van der Waals surface area contributed by atoms with Gasteiger partial charge >= 0.3 is 0 Å². The molecule has 0 spiro atoms. The maximum absolute atomic E-state index is 14.2. The Morgan fingerprint density at radius 3 is 2.68 bits per heavy atom. The largest absolute Gasteiger partial charge is 0.392 e. The van der Waals surface area contributed by atoms with Crippen molar-refractivity contribution >= 4 is 39.2 Å². The van der Waals surface area contributed by atoms with Crippen LogP contribution in [0.5, 0.6) is 0 Å². The number of aliphatic hydroxyl groups excluding tert-OH is 1. The number of pyridine rings is 1. The Morgan fingerprint density at radius 2 is 1.96 bits per heavy atom. The monoisotopic (exact) mass is 685 g/mol. The number of benzene rings is 1. The van der Waals surface area contributed by atoms with E-state index in [0.717, 1.165) is 30.0 Å². The van der Waals surface area contributed by atoms with Crippen LogP contribution in [0.25, 0.3) is 0 Å². The van der Waals surface area contributed by atoms with Gasteiger partial charge in [0.2, 0.25) is 21.9 Å². The Morgan fingerprint density at radius 1 is 1.15 bits per heavy atom. The van der Waals surface area contributed by atoms with Crippen molar-refractivity contribution < 1.29 is 23.1 Å². The highest BCUT2D eigenvalue weighted by Crippen LogP contribution is 2.43. The number of halogens is 1. The third-order valence-electron chi connectivity index (χ3n) is 9.66. The molecule has 3 aliphatic heterocycles. The lowest BCUT2D eigenvalue weighted by Gasteiger charge is -2.31. The van der Waals surface area contributed by atoms with E-state index < -0.39 is 21.5 Å². The smallest absolute Gasteiger partial charge is 0.234 e. The first-order valence-corrected chi connectivity index (χ1v) is 18.2. The molecule has 3 fully saturated rings. The molecular weight excluding hydrogens is 642 g/mol. The molecular formula is C33H44ClN7O5S. The summed E-state index contributed by atoms with van der Waals surface area (Å²) in [6, 6.07) is 10.1. The maximum atomic E-state index is 14.2. The predicted octanol–water partition coefficient (Wildman–Crippen LogP) is 2.96. The minimum absolute atomic E-state index is 0.00806. The van der Waals surface area contributed by atoms with Gasteiger partial charge in [-0.3, -0.25) is 15.1 Å². The minimum atomic E-state index is -3.46. The predicted molar refractivity (Wildman–Crippen MR) is 181 cm³/mol. The third-order valence-corrected chi connectivity index (χ3v) is 11.8. The molecule has 5 heterocycles. The summed E-state index contributed by atoms with van der Waals surface area (Å²) >= 11 is 6.15. The number of likely N-dealkylation sites (tertiary alicyclic amines) is 1. The summed E-state index contributed by atoms with van der Waals surface area (Å²) < 4.78 is 34.6. The molecule has 3 aromatic rings. The third kappa shape index (κ3) is 7.65. The molecule has 3 atom stereocenters. The first kappa shape index (κ1) is 33.8. The first-order chi connectivity index (χ1) is 22.5. The lowest BCUT2D eigenvalue weighted by molar-refractivity contribution is -0.125. The van der Waals surface area contributed by atoms with Crippen molar-refractivity contribution in [3.8, 4) is 0 Å². The van der Waals surface area contributed by atoms with Crippen molar-refractivity contribution in [2.75, 3.05) is 75.0 Å². The Balaban J connectivity index is 1.18. The van der Waals surface area contributed by atoms with Crippen LogP contribution < -0.4 is 10.2 Å². The van der Waals surface area contributed by atoms with E-state index >= 15 is 0 Å². The molecule has 0 aliphatic carbocycles. The van der Waals surface area contributed by atoms with Crippen LogP contribution in [0.15, 0.2) is 48.9 Å². The molecule has 0 radical (unpaired) electrons. The van der Waals surface area contributed by atoms with Gasteiger partial charge in [0.15, 0.2) is 0 Å². The van der Waals surface area contributed by atoms with Crippen LogP contribution in [-0.4, -0.2) is 114 Å². The number of sulfonamides is 1. The number of aryl methyl sites for hydroxylation is 1. The second-order valence-electron chi connectivity index (χ2n) is 13.1. The number of carbonyl (C=O) groups is 1. The molecule has 0 bridgehead atoms. The average molecular weight is 686 g/mol. The van der Waals surface area contributed by atoms with Gasteiger partial charge in [0.25, 0.3) is 0 Å². The number of hydrogen-bond donors (Lipinski definition) is 2. The number of aliphatic hydroxyl groups is 1. The van der Waals surface area contributed by atoms with Gasteiger partial charge in [0.1, 0.15) is 0 Å². The summed E-state index contributed by atoms with van der Waals surface area (Å²) in [5, 5.41) is 13.5. The Bertz CT molecular complexity index is 1660. The van der Waals surface area contributed by atoms with Crippen LogP contribution in [0.3, 0.4) is 0 Å². The number of carbonyl (C=O) groups excluding carboxylic acids is 1. The normalized spacial score (nSPS) is 24.2. The van der Waals surface area contributed by atoms with E-state index in [0.29, 0.717) is 69.8 Å². The Kier molecular flexibility index (Phi) is 10.2. The molecule has 1 aromatic carbocycles. The van der Waals surface area contributed by atoms with E-state index in [1.807, 2.05) is 23.8 Å². The van der Waals surface area contributed by atoms with Gasteiger partial charge in [0, 0.05) is 75.2 Å². The first-order valence-electron chi connectivity index (χ1n) is 16.3. The number of hydrogen-bond acceptors (Lipinski definition) is 9. The quantitative estimate of drug-likeness (QED) is 0.313. The Labute approximate surface area is 281 Å². The topological polar surface area (TPSA) is 133 Å². The summed E-state index contributed by atoms with van der Waals surface area (Å²) in [5.74, 6) is 0.0277. The molecule has 3 unspecified atom stereocenters. The van der Waals surface area contributed by atoms with E-state index in [1.54, 1.807) is 18.5 Å². The molecule has 3 aliphatic rings. The maximum Gasteiger partial charge on any atom is 0.234 e. The number of ether oxygens (including phenoxy) is 1. The zero-order valence-corrected chi connectivity index (χ0v) is 28.6. The van der Waals surface area contributed by atoms with Crippen molar-refractivity contribution in [2.45, 2.75) is 45.3 Å². The number of anilines is 2. The number of imidazole rings is 1. The molecule has 1 amide bonds. The van der Waals surface area contributed by atoms with Crippen molar-refractivity contribution in [1.82, 2.24) is 23.7 Å². The van der Waals surface area contributed by atoms with Gasteiger partial charge in [0.05, 0.1) is 42.1 Å². The molecule has 6 rings (SSSR count). The number of aromatic nitrogens is 3. The van der Waals surface area contributed by atoms with Crippen LogP contribution >= 0.6 is 11.6 Å². The van der Waals surface area contributed by atoms with Crippen LogP contribution in [0.4, 0.5) is 11.6 Å². The zero-order chi connectivity index (χ0) is 33.2. The summed E-state index contributed by atoms with van der Waals surface area (Å²) in [6.07, 6.45) is 5.44. The fourth-order valence-corrected chi connectivity index (χ4v) is 8.62. The van der Waals surface area contributed by atoms with Crippen molar-refractivity contribution in [1.29, 1.82) is 0 Å². The highest BCUT2D eigenvalue weighted by atomic mass is 35.5. The van der Waals surface area contributed by atoms with Crippen LogP contribution in [0.1, 0.15) is 42.5 Å². The molecule has 2 N–H and O–H groups in total. The van der Waals surface area contributed by atoms with Crippen molar-refractivity contribution in [3.63, 3.8) is 0 Å². The minimum Gasteiger partial charge on any atom is -0.392 e. The van der Waals surface area contributed by atoms with E-state index in [1.165, 1.54) is 9.87 Å². The van der Waals surface area contributed by atoms with E-state index in [2.05, 4.69) is 50.2 Å². The van der Waals surface area contributed by atoms with E-state index in [-0.39, 0.29) is 24.1 Å². The zero-order valence-electron chi connectivity index (χ0n) is 27.0. The van der Waals surface area contributed by atoms with Gasteiger partial charge in [-0.05, 0) is 62.6 Å². The van der Waals surface area contributed by atoms with Crippen molar-refractivity contribution in [2.24, 2.45) is 5.41 Å². The second kappa shape index (κ2) is 14.2. The lowest BCUT2D eigenvalue weighted by atomic mass is 9.77. The summed E-state index contributed by atoms with van der Waals surface area (Å²) in [4.78, 5) is 27.8. The van der Waals surface area contributed by atoms with Gasteiger partial charge < -0.3 is 24.2 Å². The molecule has 0 saturated carbocycles. The molecule has 3 saturated heterocycles. The fourth-order valence-electron chi connectivity index (χ4n) is 6.97.